The van der Waals surface area contributed by atoms with Gasteiger partial charge in [-0.2, -0.15) is 5.26 Å². The van der Waals surface area contributed by atoms with Crippen LogP contribution in [0, 0.1) is 11.3 Å². The summed E-state index contributed by atoms with van der Waals surface area (Å²) < 4.78 is 29.5. The minimum atomic E-state index is -4.02. The molecule has 0 unspecified atom stereocenters. The van der Waals surface area contributed by atoms with E-state index in [4.69, 9.17) is 16.9 Å². The molecular weight excluding hydrogens is 472 g/mol. The fourth-order valence-electron chi connectivity index (χ4n) is 3.88. The van der Waals surface area contributed by atoms with Gasteiger partial charge >= 0.3 is 0 Å². The lowest BCUT2D eigenvalue weighted by atomic mass is 10.1. The molecule has 0 aliphatic carbocycles. The molecule has 0 spiro atoms. The highest BCUT2D eigenvalue weighted by atomic mass is 35.5. The molecule has 0 aromatic heterocycles. The number of amides is 1. The number of nitrogens with one attached hydrogen (secondary N) is 2. The molecule has 4 rings (SSSR count). The molecule has 9 heteroatoms. The van der Waals surface area contributed by atoms with Crippen LogP contribution in [-0.2, 0) is 10.0 Å². The lowest BCUT2D eigenvalue weighted by Crippen LogP contribution is -2.31. The third kappa shape index (κ3) is 5.33. The van der Waals surface area contributed by atoms with Crippen LogP contribution in [0.25, 0.3) is 0 Å². The molecule has 1 aliphatic heterocycles. The van der Waals surface area contributed by atoms with Crippen LogP contribution in [0.15, 0.2) is 71.6 Å². The Balaban J connectivity index is 1.70. The number of nitriles is 1. The molecule has 1 amide bonds. The van der Waals surface area contributed by atoms with E-state index >= 15 is 0 Å². The molecule has 0 radical (unpaired) electrons. The van der Waals surface area contributed by atoms with Crippen molar-refractivity contribution in [2.24, 2.45) is 0 Å². The van der Waals surface area contributed by atoms with Crippen molar-refractivity contribution in [3.63, 3.8) is 0 Å². The molecule has 1 fully saturated rings. The first-order chi connectivity index (χ1) is 16.4. The van der Waals surface area contributed by atoms with Gasteiger partial charge in [-0.05, 0) is 67.8 Å². The molecule has 1 heterocycles. The first-order valence-electron chi connectivity index (χ1n) is 10.9. The first kappa shape index (κ1) is 23.6. The highest BCUT2D eigenvalue weighted by Gasteiger charge is 2.25. The highest BCUT2D eigenvalue weighted by molar-refractivity contribution is 7.93. The maximum atomic E-state index is 13.5. The number of halogens is 1. The first-order valence-corrected chi connectivity index (χ1v) is 12.7. The minimum absolute atomic E-state index is 0.0536. The van der Waals surface area contributed by atoms with Gasteiger partial charge in [-0.25, -0.2) is 8.42 Å². The Labute approximate surface area is 204 Å². The van der Waals surface area contributed by atoms with Gasteiger partial charge in [-0.3, -0.25) is 9.52 Å². The van der Waals surface area contributed by atoms with Crippen molar-refractivity contribution >= 4 is 44.6 Å². The van der Waals surface area contributed by atoms with E-state index in [1.54, 1.807) is 54.6 Å². The van der Waals surface area contributed by atoms with Crippen LogP contribution in [0.4, 0.5) is 17.1 Å². The van der Waals surface area contributed by atoms with E-state index in [1.807, 2.05) is 11.0 Å². The summed E-state index contributed by atoms with van der Waals surface area (Å²) in [6, 6.07) is 19.8. The molecule has 34 heavy (non-hydrogen) atoms. The van der Waals surface area contributed by atoms with Gasteiger partial charge < -0.3 is 10.2 Å². The number of hydrogen-bond donors (Lipinski definition) is 2. The summed E-state index contributed by atoms with van der Waals surface area (Å²) >= 11 is 6.18. The zero-order chi connectivity index (χ0) is 24.1. The fraction of sp³-hybridized carbons (Fsp3) is 0.200. The Morgan fingerprint density at radius 3 is 2.47 bits per heavy atom. The SMILES string of the molecule is N#Cc1cccc(C(=O)Nc2ccc(N3CCCCC3)c(S(=O)(=O)Nc3ccccc3Cl)c2)c1. The van der Waals surface area contributed by atoms with E-state index in [1.165, 1.54) is 12.1 Å². The van der Waals surface area contributed by atoms with E-state index < -0.39 is 15.9 Å². The molecule has 3 aromatic carbocycles. The summed E-state index contributed by atoms with van der Waals surface area (Å²) in [5, 5.41) is 12.1. The summed E-state index contributed by atoms with van der Waals surface area (Å²) in [4.78, 5) is 14.9. The summed E-state index contributed by atoms with van der Waals surface area (Å²) in [6.45, 7) is 1.50. The van der Waals surface area contributed by atoms with Crippen LogP contribution in [0.3, 0.4) is 0 Å². The van der Waals surface area contributed by atoms with Crippen LogP contribution in [0.2, 0.25) is 5.02 Å². The zero-order valence-electron chi connectivity index (χ0n) is 18.3. The Morgan fingerprint density at radius 2 is 1.74 bits per heavy atom. The van der Waals surface area contributed by atoms with Crippen molar-refractivity contribution in [1.82, 2.24) is 0 Å². The van der Waals surface area contributed by atoms with Gasteiger partial charge in [0.1, 0.15) is 4.90 Å². The number of carbonyl (C=O) groups is 1. The summed E-state index contributed by atoms with van der Waals surface area (Å²) in [7, 11) is -4.02. The number of piperidine rings is 1. The smallest absolute Gasteiger partial charge is 0.264 e. The monoisotopic (exact) mass is 494 g/mol. The lowest BCUT2D eigenvalue weighted by Gasteiger charge is -2.30. The van der Waals surface area contributed by atoms with Crippen molar-refractivity contribution in [3.8, 4) is 6.07 Å². The van der Waals surface area contributed by atoms with Crippen molar-refractivity contribution in [3.05, 3.63) is 82.9 Å². The average molecular weight is 495 g/mol. The summed E-state index contributed by atoms with van der Waals surface area (Å²) in [6.07, 6.45) is 3.06. The third-order valence-electron chi connectivity index (χ3n) is 5.58. The van der Waals surface area contributed by atoms with E-state index in [9.17, 15) is 13.2 Å². The second-order valence-electron chi connectivity index (χ2n) is 7.96. The van der Waals surface area contributed by atoms with Crippen molar-refractivity contribution in [1.29, 1.82) is 5.26 Å². The maximum Gasteiger partial charge on any atom is 0.264 e. The van der Waals surface area contributed by atoms with Gasteiger partial charge in [0.15, 0.2) is 0 Å². The molecule has 0 saturated carbocycles. The number of anilines is 3. The predicted octanol–water partition coefficient (Wildman–Crippen LogP) is 5.26. The van der Waals surface area contributed by atoms with Gasteiger partial charge in [0.25, 0.3) is 15.9 Å². The second-order valence-corrected chi connectivity index (χ2v) is 10.0. The lowest BCUT2D eigenvalue weighted by molar-refractivity contribution is 0.102. The molecule has 3 aromatic rings. The second kappa shape index (κ2) is 10.2. The van der Waals surface area contributed by atoms with Crippen LogP contribution in [0.5, 0.6) is 0 Å². The topological polar surface area (TPSA) is 102 Å². The average Bonchev–Trinajstić information content (AvgIpc) is 2.86. The largest absolute Gasteiger partial charge is 0.370 e. The van der Waals surface area contributed by atoms with Gasteiger partial charge in [0.05, 0.1) is 28.0 Å². The molecule has 1 saturated heterocycles. The molecular formula is C25H23ClN4O3S. The van der Waals surface area contributed by atoms with Crippen molar-refractivity contribution < 1.29 is 13.2 Å². The van der Waals surface area contributed by atoms with Crippen molar-refractivity contribution in [2.75, 3.05) is 28.0 Å². The molecule has 7 nitrogen and oxygen atoms in total. The number of rotatable bonds is 6. The predicted molar refractivity (Wildman–Crippen MR) is 134 cm³/mol. The molecule has 174 valence electrons. The van der Waals surface area contributed by atoms with Gasteiger partial charge in [-0.1, -0.05) is 29.8 Å². The summed E-state index contributed by atoms with van der Waals surface area (Å²) in [5.41, 5.74) is 1.84. The van der Waals surface area contributed by atoms with Crippen LogP contribution >= 0.6 is 11.6 Å². The Kier molecular flexibility index (Phi) is 7.06. The number of benzene rings is 3. The van der Waals surface area contributed by atoms with Crippen LogP contribution in [-0.4, -0.2) is 27.4 Å². The quantitative estimate of drug-likeness (QED) is 0.487. The van der Waals surface area contributed by atoms with E-state index in [0.29, 0.717) is 22.5 Å². The number of sulfonamides is 1. The molecule has 1 aliphatic rings. The van der Waals surface area contributed by atoms with Crippen LogP contribution < -0.4 is 14.9 Å². The minimum Gasteiger partial charge on any atom is -0.370 e. The number of nitrogens with zero attached hydrogens (tertiary/aromatic N) is 2. The number of hydrogen-bond acceptors (Lipinski definition) is 5. The Hall–Kier alpha value is -3.54. The molecule has 2 N–H and O–H groups in total. The van der Waals surface area contributed by atoms with Gasteiger partial charge in [0.2, 0.25) is 0 Å². The normalized spacial score (nSPS) is 13.7. The molecule has 0 bridgehead atoms. The highest BCUT2D eigenvalue weighted by Crippen LogP contribution is 2.33. The van der Waals surface area contributed by atoms with E-state index in [-0.39, 0.29) is 15.6 Å². The van der Waals surface area contributed by atoms with Crippen LogP contribution in [0.1, 0.15) is 35.2 Å². The van der Waals surface area contributed by atoms with Crippen molar-refractivity contribution in [2.45, 2.75) is 24.2 Å². The zero-order valence-corrected chi connectivity index (χ0v) is 19.9. The number of para-hydroxylation sites is 1. The maximum absolute atomic E-state index is 13.5. The Morgan fingerprint density at radius 1 is 0.971 bits per heavy atom. The van der Waals surface area contributed by atoms with Gasteiger partial charge in [0, 0.05) is 24.3 Å². The van der Waals surface area contributed by atoms with E-state index in [2.05, 4.69) is 10.0 Å². The number of carbonyl (C=O) groups excluding carboxylic acids is 1. The summed E-state index contributed by atoms with van der Waals surface area (Å²) in [5.74, 6) is -0.440. The standard InChI is InChI=1S/C25H23ClN4O3S/c26-21-9-2-3-10-22(21)29-34(32,33)24-16-20(11-12-23(24)30-13-4-1-5-14-30)28-25(31)19-8-6-7-18(15-19)17-27/h2-3,6-12,15-16,29H,1,4-5,13-14H2,(H,28,31). The van der Waals surface area contributed by atoms with E-state index in [0.717, 1.165) is 32.4 Å². The van der Waals surface area contributed by atoms with Gasteiger partial charge in [-0.15, -0.1) is 0 Å². The molecule has 0 atom stereocenters. The fourth-order valence-corrected chi connectivity index (χ4v) is 5.45. The third-order valence-corrected chi connectivity index (χ3v) is 7.30. The Bertz CT molecular complexity index is 1360.